The largest absolute Gasteiger partial charge is 0.481 e. The van der Waals surface area contributed by atoms with Gasteiger partial charge in [-0.2, -0.15) is 0 Å². The zero-order chi connectivity index (χ0) is 13.7. The Labute approximate surface area is 112 Å². The van der Waals surface area contributed by atoms with Crippen molar-refractivity contribution in [3.05, 3.63) is 30.1 Å². The smallest absolute Gasteiger partial charge is 0.305 e. The predicted octanol–water partition coefficient (Wildman–Crippen LogP) is 1.48. The minimum absolute atomic E-state index is 0.000972. The maximum atomic E-state index is 12.3. The third-order valence-electron chi connectivity index (χ3n) is 3.44. The fourth-order valence-corrected chi connectivity index (χ4v) is 2.52. The molecule has 1 aliphatic rings. The van der Waals surface area contributed by atoms with Crippen molar-refractivity contribution in [1.29, 1.82) is 0 Å². The first kappa shape index (κ1) is 13.5. The quantitative estimate of drug-likeness (QED) is 0.892. The van der Waals surface area contributed by atoms with Gasteiger partial charge in [-0.15, -0.1) is 0 Å². The van der Waals surface area contributed by atoms with E-state index < -0.39 is 5.97 Å². The molecule has 1 aliphatic heterocycles. The molecule has 1 unspecified atom stereocenters. The molecule has 5 nitrogen and oxygen atoms in total. The van der Waals surface area contributed by atoms with Crippen molar-refractivity contribution in [3.8, 4) is 0 Å². The Morgan fingerprint density at radius 2 is 2.26 bits per heavy atom. The molecule has 0 aromatic carbocycles. The minimum atomic E-state index is -0.842. The fraction of sp³-hybridized carbons (Fsp3) is 0.500. The molecule has 2 heterocycles. The number of hydrogen-bond acceptors (Lipinski definition) is 3. The molecule has 0 radical (unpaired) electrons. The first-order valence-electron chi connectivity index (χ1n) is 6.57. The summed E-state index contributed by atoms with van der Waals surface area (Å²) in [6, 6.07) is 3.50. The molecule has 5 heteroatoms. The molecule has 1 aromatic heterocycles. The molecule has 2 rings (SSSR count). The fourth-order valence-electron chi connectivity index (χ4n) is 2.52. The van der Waals surface area contributed by atoms with Crippen LogP contribution in [0.1, 0.15) is 31.2 Å². The van der Waals surface area contributed by atoms with Crippen LogP contribution >= 0.6 is 0 Å². The number of carbonyl (C=O) groups excluding carboxylic acids is 1. The van der Waals surface area contributed by atoms with Gasteiger partial charge in [-0.3, -0.25) is 14.6 Å². The number of pyridine rings is 1. The number of aliphatic carboxylic acids is 1. The Morgan fingerprint density at radius 1 is 1.42 bits per heavy atom. The van der Waals surface area contributed by atoms with Gasteiger partial charge < -0.3 is 10.0 Å². The summed E-state index contributed by atoms with van der Waals surface area (Å²) in [6.07, 6.45) is 6.41. The van der Waals surface area contributed by atoms with Crippen LogP contribution in [-0.4, -0.2) is 39.5 Å². The summed E-state index contributed by atoms with van der Waals surface area (Å²) in [5.74, 6) is -0.843. The van der Waals surface area contributed by atoms with Crippen LogP contribution in [0.3, 0.4) is 0 Å². The molecule has 1 aromatic rings. The topological polar surface area (TPSA) is 70.5 Å². The van der Waals surface area contributed by atoms with Crippen LogP contribution in [0.2, 0.25) is 0 Å². The molecule has 1 N–H and O–H groups in total. The van der Waals surface area contributed by atoms with E-state index in [1.165, 1.54) is 0 Å². The Balaban J connectivity index is 2.01. The number of carbonyl (C=O) groups is 2. The normalized spacial score (nSPS) is 19.2. The standard InChI is InChI=1S/C14H18N2O3/c17-13(8-11-4-3-6-15-10-11)16-7-2-1-5-12(16)9-14(18)19/h3-4,6,10,12H,1-2,5,7-9H2,(H,18,19). The number of likely N-dealkylation sites (tertiary alicyclic amines) is 1. The second-order valence-electron chi connectivity index (χ2n) is 4.87. The van der Waals surface area contributed by atoms with Crippen LogP contribution in [0.25, 0.3) is 0 Å². The van der Waals surface area contributed by atoms with Gasteiger partial charge in [0.25, 0.3) is 0 Å². The van der Waals surface area contributed by atoms with E-state index in [2.05, 4.69) is 4.98 Å². The Bertz CT molecular complexity index is 447. The molecule has 0 aliphatic carbocycles. The highest BCUT2D eigenvalue weighted by molar-refractivity contribution is 5.80. The van der Waals surface area contributed by atoms with E-state index in [1.807, 2.05) is 6.07 Å². The molecule has 0 saturated carbocycles. The maximum Gasteiger partial charge on any atom is 0.305 e. The van der Waals surface area contributed by atoms with Crippen molar-refractivity contribution in [2.75, 3.05) is 6.54 Å². The molecule has 0 bridgehead atoms. The zero-order valence-electron chi connectivity index (χ0n) is 10.8. The second kappa shape index (κ2) is 6.31. The average Bonchev–Trinajstić information content (AvgIpc) is 2.39. The van der Waals surface area contributed by atoms with E-state index in [4.69, 9.17) is 5.11 Å². The van der Waals surface area contributed by atoms with E-state index in [0.29, 0.717) is 13.0 Å². The van der Waals surface area contributed by atoms with Crippen LogP contribution in [0.5, 0.6) is 0 Å². The number of aromatic nitrogens is 1. The van der Waals surface area contributed by atoms with Gasteiger partial charge in [0, 0.05) is 25.0 Å². The number of nitrogens with zero attached hydrogens (tertiary/aromatic N) is 2. The Morgan fingerprint density at radius 3 is 2.95 bits per heavy atom. The van der Waals surface area contributed by atoms with Crippen molar-refractivity contribution >= 4 is 11.9 Å². The molecule has 1 amide bonds. The zero-order valence-corrected chi connectivity index (χ0v) is 10.8. The van der Waals surface area contributed by atoms with Crippen LogP contribution in [0, 0.1) is 0 Å². The number of hydrogen-bond donors (Lipinski definition) is 1. The van der Waals surface area contributed by atoms with Gasteiger partial charge in [0.1, 0.15) is 0 Å². The number of amides is 1. The lowest BCUT2D eigenvalue weighted by Crippen LogP contribution is -2.45. The molecule has 19 heavy (non-hydrogen) atoms. The van der Waals surface area contributed by atoms with Crippen molar-refractivity contribution in [3.63, 3.8) is 0 Å². The summed E-state index contributed by atoms with van der Waals surface area (Å²) in [5, 5.41) is 8.91. The van der Waals surface area contributed by atoms with Crippen LogP contribution in [0.15, 0.2) is 24.5 Å². The summed E-state index contributed by atoms with van der Waals surface area (Å²) in [7, 11) is 0. The Hall–Kier alpha value is -1.91. The Kier molecular flexibility index (Phi) is 4.49. The van der Waals surface area contributed by atoms with E-state index in [0.717, 1.165) is 24.8 Å². The SMILES string of the molecule is O=C(O)CC1CCCCN1C(=O)Cc1cccnc1. The predicted molar refractivity (Wildman–Crippen MR) is 69.5 cm³/mol. The molecule has 1 atom stereocenters. The molecular formula is C14H18N2O3. The first-order valence-corrected chi connectivity index (χ1v) is 6.57. The van der Waals surface area contributed by atoms with Gasteiger partial charge >= 0.3 is 5.97 Å². The number of carboxylic acid groups (broad SMARTS) is 1. The highest BCUT2D eigenvalue weighted by Crippen LogP contribution is 2.20. The summed E-state index contributed by atoms with van der Waals surface area (Å²) in [5.41, 5.74) is 0.868. The molecule has 102 valence electrons. The van der Waals surface area contributed by atoms with Crippen LogP contribution in [0.4, 0.5) is 0 Å². The number of piperidine rings is 1. The van der Waals surface area contributed by atoms with Crippen molar-refractivity contribution in [2.45, 2.75) is 38.1 Å². The van der Waals surface area contributed by atoms with Gasteiger partial charge in [0.15, 0.2) is 0 Å². The summed E-state index contributed by atoms with van der Waals surface area (Å²) in [6.45, 7) is 0.664. The first-order chi connectivity index (χ1) is 9.16. The van der Waals surface area contributed by atoms with E-state index in [1.54, 1.807) is 23.4 Å². The van der Waals surface area contributed by atoms with E-state index in [9.17, 15) is 9.59 Å². The molecular weight excluding hydrogens is 244 g/mol. The van der Waals surface area contributed by atoms with Gasteiger partial charge in [-0.05, 0) is 30.9 Å². The van der Waals surface area contributed by atoms with E-state index >= 15 is 0 Å². The lowest BCUT2D eigenvalue weighted by molar-refractivity contribution is -0.141. The monoisotopic (exact) mass is 262 g/mol. The molecule has 0 spiro atoms. The van der Waals surface area contributed by atoms with Gasteiger partial charge in [-0.25, -0.2) is 0 Å². The maximum absolute atomic E-state index is 12.3. The number of rotatable bonds is 4. The highest BCUT2D eigenvalue weighted by atomic mass is 16.4. The summed E-state index contributed by atoms with van der Waals surface area (Å²) >= 11 is 0. The third-order valence-corrected chi connectivity index (χ3v) is 3.44. The van der Waals surface area contributed by atoms with Crippen LogP contribution < -0.4 is 0 Å². The van der Waals surface area contributed by atoms with Gasteiger partial charge in [0.05, 0.1) is 12.8 Å². The molecule has 1 saturated heterocycles. The number of carboxylic acids is 1. The average molecular weight is 262 g/mol. The van der Waals surface area contributed by atoms with Gasteiger partial charge in [-0.1, -0.05) is 6.07 Å². The summed E-state index contributed by atoms with van der Waals surface area (Å²) in [4.78, 5) is 28.8. The van der Waals surface area contributed by atoms with Gasteiger partial charge in [0.2, 0.25) is 5.91 Å². The van der Waals surface area contributed by atoms with Crippen LogP contribution in [-0.2, 0) is 16.0 Å². The van der Waals surface area contributed by atoms with Crippen molar-refractivity contribution in [1.82, 2.24) is 9.88 Å². The lowest BCUT2D eigenvalue weighted by atomic mass is 9.98. The van der Waals surface area contributed by atoms with E-state index in [-0.39, 0.29) is 18.4 Å². The molecule has 1 fully saturated rings. The minimum Gasteiger partial charge on any atom is -0.481 e. The second-order valence-corrected chi connectivity index (χ2v) is 4.87. The lowest BCUT2D eigenvalue weighted by Gasteiger charge is -2.35. The highest BCUT2D eigenvalue weighted by Gasteiger charge is 2.28. The van der Waals surface area contributed by atoms with Crippen molar-refractivity contribution < 1.29 is 14.7 Å². The third kappa shape index (κ3) is 3.77. The summed E-state index contributed by atoms with van der Waals surface area (Å²) < 4.78 is 0. The van der Waals surface area contributed by atoms with Crippen molar-refractivity contribution in [2.24, 2.45) is 0 Å².